The molecular formula is C13H18N4O. The van der Waals surface area contributed by atoms with Crippen LogP contribution in [0.2, 0.25) is 0 Å². The zero-order valence-electron chi connectivity index (χ0n) is 11.3. The first-order valence-electron chi connectivity index (χ1n) is 5.95. The molecule has 0 bridgehead atoms. The number of aliphatic imine (C=N–C) groups is 1. The Labute approximate surface area is 107 Å². The summed E-state index contributed by atoms with van der Waals surface area (Å²) < 4.78 is 0. The summed E-state index contributed by atoms with van der Waals surface area (Å²) in [7, 11) is 3.77. The fraction of sp³-hybridized carbons (Fsp3) is 0.462. The summed E-state index contributed by atoms with van der Waals surface area (Å²) in [6.45, 7) is 4.35. The lowest BCUT2D eigenvalue weighted by molar-refractivity contribution is -0.111. The van der Waals surface area contributed by atoms with Crippen LogP contribution in [0.4, 0.5) is 0 Å². The third-order valence-corrected chi connectivity index (χ3v) is 2.92. The van der Waals surface area contributed by atoms with E-state index >= 15 is 0 Å². The normalized spacial score (nSPS) is 19.0. The molecule has 2 rings (SSSR count). The summed E-state index contributed by atoms with van der Waals surface area (Å²) >= 11 is 0. The van der Waals surface area contributed by atoms with E-state index < -0.39 is 0 Å². The largest absolute Gasteiger partial charge is 0.383 e. The summed E-state index contributed by atoms with van der Waals surface area (Å²) in [6.07, 6.45) is 4.11. The number of amidine groups is 1. The minimum atomic E-state index is 0.00348. The minimum absolute atomic E-state index is 0.00348. The number of carbonyl (C=O) groups excluding carboxylic acids is 1. The van der Waals surface area contributed by atoms with Crippen LogP contribution in [-0.2, 0) is 4.79 Å². The molecule has 0 fully saturated rings. The number of hydrogen-bond acceptors (Lipinski definition) is 5. The van der Waals surface area contributed by atoms with Crippen LogP contribution in [-0.4, -0.2) is 47.9 Å². The lowest BCUT2D eigenvalue weighted by Gasteiger charge is -2.23. The molecule has 2 heterocycles. The van der Waals surface area contributed by atoms with Crippen LogP contribution in [0.3, 0.4) is 0 Å². The number of hydrazone groups is 1. The quantitative estimate of drug-likeness (QED) is 0.707. The maximum Gasteiger partial charge on any atom is 0.186 e. The number of ketones is 1. The minimum Gasteiger partial charge on any atom is -0.383 e. The van der Waals surface area contributed by atoms with Crippen LogP contribution in [0, 0.1) is 0 Å². The van der Waals surface area contributed by atoms with Crippen LogP contribution in [0.15, 0.2) is 33.6 Å². The molecule has 0 aromatic heterocycles. The standard InChI is InChI=1S/C13H18N4O/c1-9-7-13-14-8-11(10(2)17(13)15-9)12(18)5-6-16(3)4/h5-6H,7-8H2,1-4H3/b6-5+. The van der Waals surface area contributed by atoms with Crippen LogP contribution < -0.4 is 0 Å². The first kappa shape index (κ1) is 12.5. The highest BCUT2D eigenvalue weighted by Gasteiger charge is 2.27. The first-order chi connectivity index (χ1) is 8.49. The van der Waals surface area contributed by atoms with Crippen molar-refractivity contribution in [3.63, 3.8) is 0 Å². The van der Waals surface area contributed by atoms with Gasteiger partial charge < -0.3 is 4.90 Å². The lowest BCUT2D eigenvalue weighted by atomic mass is 10.1. The van der Waals surface area contributed by atoms with Gasteiger partial charge in [0, 0.05) is 49.8 Å². The molecule has 0 aromatic carbocycles. The van der Waals surface area contributed by atoms with Gasteiger partial charge in [-0.15, -0.1) is 0 Å². The Bertz CT molecular complexity index is 497. The molecule has 2 aliphatic heterocycles. The molecule has 0 saturated carbocycles. The van der Waals surface area contributed by atoms with Crippen LogP contribution in [0.25, 0.3) is 0 Å². The third-order valence-electron chi connectivity index (χ3n) is 2.92. The van der Waals surface area contributed by atoms with E-state index in [0.29, 0.717) is 6.54 Å². The fourth-order valence-corrected chi connectivity index (χ4v) is 1.95. The smallest absolute Gasteiger partial charge is 0.186 e. The molecule has 0 spiro atoms. The zero-order chi connectivity index (χ0) is 13.3. The van der Waals surface area contributed by atoms with Gasteiger partial charge in [0.2, 0.25) is 0 Å². The van der Waals surface area contributed by atoms with Gasteiger partial charge in [0.15, 0.2) is 5.78 Å². The van der Waals surface area contributed by atoms with Crippen LogP contribution in [0.5, 0.6) is 0 Å². The van der Waals surface area contributed by atoms with E-state index in [9.17, 15) is 4.79 Å². The maximum absolute atomic E-state index is 12.1. The predicted octanol–water partition coefficient (Wildman–Crippen LogP) is 1.40. The summed E-state index contributed by atoms with van der Waals surface area (Å²) in [6, 6.07) is 0. The molecule has 2 aliphatic rings. The van der Waals surface area contributed by atoms with Gasteiger partial charge in [-0.05, 0) is 13.8 Å². The van der Waals surface area contributed by atoms with Crippen molar-refractivity contribution in [3.8, 4) is 0 Å². The van der Waals surface area contributed by atoms with Gasteiger partial charge in [-0.2, -0.15) is 5.10 Å². The fourth-order valence-electron chi connectivity index (χ4n) is 1.95. The maximum atomic E-state index is 12.1. The Kier molecular flexibility index (Phi) is 3.32. The molecule has 96 valence electrons. The molecule has 5 heteroatoms. The number of rotatable bonds is 3. The number of carbonyl (C=O) groups is 1. The topological polar surface area (TPSA) is 48.3 Å². The molecule has 18 heavy (non-hydrogen) atoms. The summed E-state index contributed by atoms with van der Waals surface area (Å²) in [5.74, 6) is 0.946. The predicted molar refractivity (Wildman–Crippen MR) is 72.4 cm³/mol. The highest BCUT2D eigenvalue weighted by molar-refractivity contribution is 6.10. The SMILES string of the molecule is CC1=NN2C(=NCC(C(=O)/C=C/N(C)C)=C2C)C1. The second-order valence-corrected chi connectivity index (χ2v) is 4.76. The van der Waals surface area contributed by atoms with E-state index in [2.05, 4.69) is 10.1 Å². The number of allylic oxidation sites excluding steroid dienone is 2. The monoisotopic (exact) mass is 246 g/mol. The van der Waals surface area contributed by atoms with Gasteiger partial charge in [-0.25, -0.2) is 5.01 Å². The van der Waals surface area contributed by atoms with Crippen LogP contribution >= 0.6 is 0 Å². The third kappa shape index (κ3) is 2.34. The van der Waals surface area contributed by atoms with Crippen molar-refractivity contribution >= 4 is 17.3 Å². The molecule has 5 nitrogen and oxygen atoms in total. The van der Waals surface area contributed by atoms with Gasteiger partial charge in [-0.3, -0.25) is 9.79 Å². The summed E-state index contributed by atoms with van der Waals surface area (Å²) in [4.78, 5) is 18.3. The van der Waals surface area contributed by atoms with E-state index in [-0.39, 0.29) is 5.78 Å². The molecule has 0 radical (unpaired) electrons. The second-order valence-electron chi connectivity index (χ2n) is 4.76. The highest BCUT2D eigenvalue weighted by Crippen LogP contribution is 2.24. The Hall–Kier alpha value is -1.91. The summed E-state index contributed by atoms with van der Waals surface area (Å²) in [5, 5.41) is 6.18. The van der Waals surface area contributed by atoms with E-state index in [0.717, 1.165) is 29.2 Å². The molecular weight excluding hydrogens is 228 g/mol. The van der Waals surface area contributed by atoms with E-state index in [1.165, 1.54) is 0 Å². The van der Waals surface area contributed by atoms with E-state index in [1.54, 1.807) is 17.3 Å². The number of fused-ring (bicyclic) bond motifs is 1. The van der Waals surface area contributed by atoms with Crippen molar-refractivity contribution in [1.29, 1.82) is 0 Å². The molecule has 0 N–H and O–H groups in total. The molecule has 0 unspecified atom stereocenters. The second kappa shape index (κ2) is 4.76. The van der Waals surface area contributed by atoms with Gasteiger partial charge in [0.1, 0.15) is 5.84 Å². The van der Waals surface area contributed by atoms with Crippen molar-refractivity contribution < 1.29 is 4.79 Å². The average molecular weight is 246 g/mol. The van der Waals surface area contributed by atoms with Crippen molar-refractivity contribution in [2.75, 3.05) is 20.6 Å². The molecule has 0 atom stereocenters. The van der Waals surface area contributed by atoms with E-state index in [4.69, 9.17) is 0 Å². The molecule has 0 saturated heterocycles. The summed E-state index contributed by atoms with van der Waals surface area (Å²) in [5.41, 5.74) is 2.64. The van der Waals surface area contributed by atoms with E-state index in [1.807, 2.05) is 32.8 Å². The van der Waals surface area contributed by atoms with Gasteiger partial charge in [0.25, 0.3) is 0 Å². The van der Waals surface area contributed by atoms with Crippen LogP contribution in [0.1, 0.15) is 20.3 Å². The van der Waals surface area contributed by atoms with Crippen molar-refractivity contribution in [3.05, 3.63) is 23.5 Å². The Morgan fingerprint density at radius 1 is 1.39 bits per heavy atom. The molecule has 0 aromatic rings. The van der Waals surface area contributed by atoms with Crippen molar-refractivity contribution in [2.45, 2.75) is 20.3 Å². The molecule has 0 amide bonds. The van der Waals surface area contributed by atoms with Gasteiger partial charge in [0.05, 0.1) is 6.54 Å². The Morgan fingerprint density at radius 2 is 2.11 bits per heavy atom. The first-order valence-corrected chi connectivity index (χ1v) is 5.95. The lowest BCUT2D eigenvalue weighted by Crippen LogP contribution is -2.27. The Balaban J connectivity index is 2.22. The van der Waals surface area contributed by atoms with Gasteiger partial charge >= 0.3 is 0 Å². The molecule has 0 aliphatic carbocycles. The number of nitrogens with zero attached hydrogens (tertiary/aromatic N) is 4. The average Bonchev–Trinajstić information content (AvgIpc) is 2.68. The van der Waals surface area contributed by atoms with Crippen molar-refractivity contribution in [1.82, 2.24) is 9.91 Å². The number of hydrogen-bond donors (Lipinski definition) is 0. The van der Waals surface area contributed by atoms with Crippen molar-refractivity contribution in [2.24, 2.45) is 10.1 Å². The zero-order valence-corrected chi connectivity index (χ0v) is 11.3. The Morgan fingerprint density at radius 3 is 2.78 bits per heavy atom. The van der Waals surface area contributed by atoms with Gasteiger partial charge in [-0.1, -0.05) is 0 Å². The highest BCUT2D eigenvalue weighted by atomic mass is 16.1.